The summed E-state index contributed by atoms with van der Waals surface area (Å²) in [5.74, 6) is -0.648. The number of carbonyl (C=O) groups is 1. The Kier molecular flexibility index (Phi) is 5.54. The number of hydrogen-bond donors (Lipinski definition) is 0. The van der Waals surface area contributed by atoms with E-state index in [2.05, 4.69) is 16.6 Å². The lowest BCUT2D eigenvalue weighted by atomic mass is 10.00. The molecule has 26 heavy (non-hydrogen) atoms. The molecular formula is C20H18Cl2FNO2. The van der Waals surface area contributed by atoms with Gasteiger partial charge in [0.05, 0.1) is 7.11 Å². The number of nitrogens with zero attached hydrogens (tertiary/aromatic N) is 1. The summed E-state index contributed by atoms with van der Waals surface area (Å²) in [4.78, 5) is 13.6. The standard InChI is InChI=1S/C20H18Cl2FNO2/c1-12-10-24(11-14-3-5-15(21)8-18(14)22)20-13(4-6-19(25)26-2)7-16(23)9-17(12)20/h3-9,12H,10-11H2,1-2H3/b6-4+. The summed E-state index contributed by atoms with van der Waals surface area (Å²) in [7, 11) is 1.31. The Balaban J connectivity index is 2.00. The lowest BCUT2D eigenvalue weighted by molar-refractivity contribution is -0.134. The van der Waals surface area contributed by atoms with Crippen molar-refractivity contribution in [1.82, 2.24) is 0 Å². The van der Waals surface area contributed by atoms with Gasteiger partial charge in [0.15, 0.2) is 0 Å². The third kappa shape index (κ3) is 3.87. The van der Waals surface area contributed by atoms with E-state index in [4.69, 9.17) is 23.2 Å². The lowest BCUT2D eigenvalue weighted by Crippen LogP contribution is -2.21. The van der Waals surface area contributed by atoms with Crippen molar-refractivity contribution in [2.24, 2.45) is 0 Å². The number of hydrogen-bond acceptors (Lipinski definition) is 3. The van der Waals surface area contributed by atoms with Gasteiger partial charge in [-0.3, -0.25) is 0 Å². The van der Waals surface area contributed by atoms with Crippen LogP contribution in [0.3, 0.4) is 0 Å². The fourth-order valence-corrected chi connectivity index (χ4v) is 3.72. The van der Waals surface area contributed by atoms with Crippen LogP contribution in [0, 0.1) is 5.82 Å². The molecule has 0 radical (unpaired) electrons. The number of halogens is 3. The maximum Gasteiger partial charge on any atom is 0.330 e. The number of benzene rings is 2. The van der Waals surface area contributed by atoms with Gasteiger partial charge in [-0.15, -0.1) is 0 Å². The van der Waals surface area contributed by atoms with E-state index in [1.54, 1.807) is 24.3 Å². The number of methoxy groups -OCH3 is 1. The highest BCUT2D eigenvalue weighted by molar-refractivity contribution is 6.35. The monoisotopic (exact) mass is 393 g/mol. The van der Waals surface area contributed by atoms with Crippen molar-refractivity contribution in [2.75, 3.05) is 18.6 Å². The van der Waals surface area contributed by atoms with E-state index < -0.39 is 5.97 Å². The molecule has 0 aliphatic carbocycles. The average Bonchev–Trinajstić information content (AvgIpc) is 2.90. The van der Waals surface area contributed by atoms with Crippen LogP contribution in [0.5, 0.6) is 0 Å². The summed E-state index contributed by atoms with van der Waals surface area (Å²) in [6.45, 7) is 3.35. The molecule has 1 atom stereocenters. The van der Waals surface area contributed by atoms with Crippen LogP contribution in [-0.2, 0) is 16.1 Å². The molecule has 1 unspecified atom stereocenters. The van der Waals surface area contributed by atoms with Crippen molar-refractivity contribution in [3.63, 3.8) is 0 Å². The van der Waals surface area contributed by atoms with Crippen molar-refractivity contribution in [3.05, 3.63) is 69.0 Å². The molecule has 2 aromatic rings. The summed E-state index contributed by atoms with van der Waals surface area (Å²) in [6.07, 6.45) is 2.88. The van der Waals surface area contributed by atoms with Crippen LogP contribution in [0.4, 0.5) is 10.1 Å². The van der Waals surface area contributed by atoms with Crippen LogP contribution in [0.1, 0.15) is 29.5 Å². The second kappa shape index (κ2) is 7.68. The van der Waals surface area contributed by atoms with Crippen molar-refractivity contribution >= 4 is 40.9 Å². The second-order valence-electron chi connectivity index (χ2n) is 6.31. The van der Waals surface area contributed by atoms with E-state index in [1.165, 1.54) is 19.3 Å². The molecule has 0 aromatic heterocycles. The predicted octanol–water partition coefficient (Wildman–Crippen LogP) is 5.44. The van der Waals surface area contributed by atoms with E-state index in [9.17, 15) is 9.18 Å². The molecule has 0 amide bonds. The summed E-state index contributed by atoms with van der Waals surface area (Å²) in [5.41, 5.74) is 3.40. The van der Waals surface area contributed by atoms with Gasteiger partial charge < -0.3 is 9.64 Å². The Bertz CT molecular complexity index is 882. The van der Waals surface area contributed by atoms with Crippen molar-refractivity contribution in [1.29, 1.82) is 0 Å². The van der Waals surface area contributed by atoms with Gasteiger partial charge in [0.2, 0.25) is 0 Å². The predicted molar refractivity (Wildman–Crippen MR) is 103 cm³/mol. The first-order valence-electron chi connectivity index (χ1n) is 8.17. The van der Waals surface area contributed by atoms with Crippen molar-refractivity contribution in [2.45, 2.75) is 19.4 Å². The van der Waals surface area contributed by atoms with Crippen LogP contribution in [0.15, 0.2) is 36.4 Å². The maximum absolute atomic E-state index is 14.1. The lowest BCUT2D eigenvalue weighted by Gasteiger charge is -2.22. The van der Waals surface area contributed by atoms with Gasteiger partial charge in [-0.2, -0.15) is 0 Å². The Hall–Kier alpha value is -2.04. The molecular weight excluding hydrogens is 376 g/mol. The molecule has 3 nitrogen and oxygen atoms in total. The SMILES string of the molecule is COC(=O)/C=C/c1cc(F)cc2c1N(Cc1ccc(Cl)cc1Cl)CC2C. The van der Waals surface area contributed by atoms with Crippen molar-refractivity contribution in [3.8, 4) is 0 Å². The van der Waals surface area contributed by atoms with Crippen LogP contribution >= 0.6 is 23.2 Å². The molecule has 1 heterocycles. The molecule has 1 aliphatic rings. The molecule has 0 saturated heterocycles. The molecule has 0 spiro atoms. The van der Waals surface area contributed by atoms with Gasteiger partial charge in [-0.1, -0.05) is 36.2 Å². The number of anilines is 1. The minimum Gasteiger partial charge on any atom is -0.466 e. The fourth-order valence-electron chi connectivity index (χ4n) is 3.26. The Morgan fingerprint density at radius 2 is 2.12 bits per heavy atom. The molecule has 6 heteroatoms. The zero-order valence-electron chi connectivity index (χ0n) is 14.4. The van der Waals surface area contributed by atoms with Crippen LogP contribution in [-0.4, -0.2) is 19.6 Å². The molecule has 0 bridgehead atoms. The third-order valence-corrected chi connectivity index (χ3v) is 5.04. The minimum absolute atomic E-state index is 0.164. The van der Waals surface area contributed by atoms with E-state index in [0.717, 1.165) is 23.4 Å². The summed E-state index contributed by atoms with van der Waals surface area (Å²) in [6, 6.07) is 8.38. The van der Waals surface area contributed by atoms with Crippen LogP contribution in [0.2, 0.25) is 10.0 Å². The molecule has 136 valence electrons. The van der Waals surface area contributed by atoms with E-state index in [0.29, 0.717) is 22.2 Å². The maximum atomic E-state index is 14.1. The first-order valence-corrected chi connectivity index (χ1v) is 8.93. The highest BCUT2D eigenvalue weighted by Gasteiger charge is 2.28. The molecule has 3 rings (SSSR count). The summed E-state index contributed by atoms with van der Waals surface area (Å²) < 4.78 is 18.7. The van der Waals surface area contributed by atoms with E-state index >= 15 is 0 Å². The number of rotatable bonds is 4. The van der Waals surface area contributed by atoms with Crippen LogP contribution in [0.25, 0.3) is 6.08 Å². The second-order valence-corrected chi connectivity index (χ2v) is 7.15. The number of carbonyl (C=O) groups excluding carboxylic acids is 1. The van der Waals surface area contributed by atoms with Gasteiger partial charge >= 0.3 is 5.97 Å². The molecule has 0 saturated carbocycles. The minimum atomic E-state index is -0.485. The largest absolute Gasteiger partial charge is 0.466 e. The van der Waals surface area contributed by atoms with E-state index in [1.807, 2.05) is 6.07 Å². The summed E-state index contributed by atoms with van der Waals surface area (Å²) >= 11 is 12.3. The molecule has 0 fully saturated rings. The highest BCUT2D eigenvalue weighted by atomic mass is 35.5. The number of ether oxygens (including phenoxy) is 1. The number of fused-ring (bicyclic) bond motifs is 1. The Labute approximate surface area is 162 Å². The highest BCUT2D eigenvalue weighted by Crippen LogP contribution is 2.41. The molecule has 2 aromatic carbocycles. The topological polar surface area (TPSA) is 29.5 Å². The third-order valence-electron chi connectivity index (χ3n) is 4.45. The number of esters is 1. The fraction of sp³-hybridized carbons (Fsp3) is 0.250. The smallest absolute Gasteiger partial charge is 0.330 e. The average molecular weight is 394 g/mol. The van der Waals surface area contributed by atoms with Gasteiger partial charge in [0.1, 0.15) is 5.82 Å². The van der Waals surface area contributed by atoms with Crippen molar-refractivity contribution < 1.29 is 13.9 Å². The molecule has 0 N–H and O–H groups in total. The Morgan fingerprint density at radius 3 is 2.81 bits per heavy atom. The first kappa shape index (κ1) is 18.7. The molecule has 1 aliphatic heterocycles. The zero-order valence-corrected chi connectivity index (χ0v) is 15.9. The summed E-state index contributed by atoms with van der Waals surface area (Å²) in [5, 5.41) is 1.17. The normalized spacial score (nSPS) is 16.2. The van der Waals surface area contributed by atoms with Gasteiger partial charge in [0.25, 0.3) is 0 Å². The van der Waals surface area contributed by atoms with Crippen LogP contribution < -0.4 is 4.90 Å². The first-order chi connectivity index (χ1) is 12.4. The van der Waals surface area contributed by atoms with Gasteiger partial charge in [-0.05, 0) is 41.5 Å². The van der Waals surface area contributed by atoms with E-state index in [-0.39, 0.29) is 11.7 Å². The zero-order chi connectivity index (χ0) is 18.8. The Morgan fingerprint density at radius 1 is 1.35 bits per heavy atom. The quantitative estimate of drug-likeness (QED) is 0.511. The van der Waals surface area contributed by atoms with Gasteiger partial charge in [-0.25, -0.2) is 9.18 Å². The van der Waals surface area contributed by atoms with Gasteiger partial charge in [0, 0.05) is 46.4 Å².